The molecule has 5 heteroatoms. The van der Waals surface area contributed by atoms with Crippen LogP contribution in [0.5, 0.6) is 0 Å². The number of allylic oxidation sites excluding steroid dienone is 1. The second-order valence-electron chi connectivity index (χ2n) is 6.05. The summed E-state index contributed by atoms with van der Waals surface area (Å²) in [6, 6.07) is 17.2. The number of nitrogens with zero attached hydrogens (tertiary/aromatic N) is 2. The average molecular weight is 420 g/mol. The standard InChI is InChI=1S/C22H18BrN3O/c1-3-12-26-15(2)20(19-6-4-5-7-21(19)26)13-16(14-24)22(27)25-18-10-8-17(23)9-11-18/h3-11,13H,1,12H2,2H3,(H,25,27)/b16-13-. The normalized spacial score (nSPS) is 11.2. The van der Waals surface area contributed by atoms with E-state index in [4.69, 9.17) is 0 Å². The van der Waals surface area contributed by atoms with Crippen molar-refractivity contribution >= 4 is 44.5 Å². The van der Waals surface area contributed by atoms with Crippen LogP contribution in [0, 0.1) is 18.3 Å². The van der Waals surface area contributed by atoms with Crippen molar-refractivity contribution in [3.63, 3.8) is 0 Å². The van der Waals surface area contributed by atoms with Gasteiger partial charge in [0, 0.05) is 38.9 Å². The molecule has 3 aromatic rings. The van der Waals surface area contributed by atoms with E-state index in [1.807, 2.05) is 55.5 Å². The lowest BCUT2D eigenvalue weighted by atomic mass is 10.1. The molecule has 1 aromatic heterocycles. The summed E-state index contributed by atoms with van der Waals surface area (Å²) in [5.74, 6) is -0.431. The molecule has 0 saturated carbocycles. The van der Waals surface area contributed by atoms with Gasteiger partial charge in [0.05, 0.1) is 0 Å². The smallest absolute Gasteiger partial charge is 0.266 e. The lowest BCUT2D eigenvalue weighted by molar-refractivity contribution is -0.112. The van der Waals surface area contributed by atoms with Crippen LogP contribution in [-0.4, -0.2) is 10.5 Å². The maximum atomic E-state index is 12.6. The minimum Gasteiger partial charge on any atom is -0.340 e. The van der Waals surface area contributed by atoms with Gasteiger partial charge in [0.15, 0.2) is 0 Å². The van der Waals surface area contributed by atoms with Gasteiger partial charge >= 0.3 is 0 Å². The topological polar surface area (TPSA) is 57.8 Å². The number of benzene rings is 2. The van der Waals surface area contributed by atoms with Gasteiger partial charge in [-0.15, -0.1) is 6.58 Å². The molecule has 1 heterocycles. The number of aromatic nitrogens is 1. The average Bonchev–Trinajstić information content (AvgIpc) is 2.93. The van der Waals surface area contributed by atoms with Gasteiger partial charge in [-0.25, -0.2) is 0 Å². The van der Waals surface area contributed by atoms with Crippen LogP contribution in [0.1, 0.15) is 11.3 Å². The molecule has 0 saturated heterocycles. The molecule has 134 valence electrons. The van der Waals surface area contributed by atoms with E-state index in [0.717, 1.165) is 26.6 Å². The number of carbonyl (C=O) groups is 1. The molecule has 0 radical (unpaired) electrons. The van der Waals surface area contributed by atoms with Crippen LogP contribution in [0.4, 0.5) is 5.69 Å². The number of nitrogens with one attached hydrogen (secondary N) is 1. The molecule has 4 nitrogen and oxygen atoms in total. The van der Waals surface area contributed by atoms with Gasteiger partial charge in [-0.1, -0.05) is 40.2 Å². The number of anilines is 1. The van der Waals surface area contributed by atoms with E-state index in [0.29, 0.717) is 12.2 Å². The lowest BCUT2D eigenvalue weighted by Gasteiger charge is -2.05. The van der Waals surface area contributed by atoms with Gasteiger partial charge in [-0.3, -0.25) is 4.79 Å². The molecule has 3 rings (SSSR count). The Bertz CT molecular complexity index is 1090. The summed E-state index contributed by atoms with van der Waals surface area (Å²) in [7, 11) is 0. The van der Waals surface area contributed by atoms with Crippen molar-refractivity contribution < 1.29 is 4.79 Å². The van der Waals surface area contributed by atoms with Crippen LogP contribution in [0.15, 0.2) is 71.2 Å². The summed E-state index contributed by atoms with van der Waals surface area (Å²) in [5, 5.41) is 13.3. The fraction of sp³-hybridized carbons (Fsp3) is 0.0909. The van der Waals surface area contributed by atoms with E-state index in [1.165, 1.54) is 0 Å². The highest BCUT2D eigenvalue weighted by atomic mass is 79.9. The maximum absolute atomic E-state index is 12.6. The molecule has 1 amide bonds. The van der Waals surface area contributed by atoms with Crippen molar-refractivity contribution in [3.05, 3.63) is 82.5 Å². The second kappa shape index (κ2) is 8.07. The maximum Gasteiger partial charge on any atom is 0.266 e. The Morgan fingerprint density at radius 2 is 1.96 bits per heavy atom. The molecule has 0 aliphatic heterocycles. The Kier molecular flexibility index (Phi) is 5.58. The van der Waals surface area contributed by atoms with Crippen molar-refractivity contribution in [1.82, 2.24) is 4.57 Å². The van der Waals surface area contributed by atoms with E-state index in [9.17, 15) is 10.1 Å². The Labute approximate surface area is 166 Å². The summed E-state index contributed by atoms with van der Waals surface area (Å²) in [4.78, 5) is 12.6. The first-order chi connectivity index (χ1) is 13.0. The number of hydrogen-bond donors (Lipinski definition) is 1. The predicted molar refractivity (Wildman–Crippen MR) is 113 cm³/mol. The summed E-state index contributed by atoms with van der Waals surface area (Å²) >= 11 is 3.36. The number of fused-ring (bicyclic) bond motifs is 1. The zero-order valence-corrected chi connectivity index (χ0v) is 16.5. The molecule has 0 atom stereocenters. The Morgan fingerprint density at radius 3 is 2.63 bits per heavy atom. The van der Waals surface area contributed by atoms with Gasteiger partial charge in [0.2, 0.25) is 0 Å². The lowest BCUT2D eigenvalue weighted by Crippen LogP contribution is -2.13. The third kappa shape index (κ3) is 3.86. The van der Waals surface area contributed by atoms with Crippen molar-refractivity contribution in [2.45, 2.75) is 13.5 Å². The number of carbonyl (C=O) groups excluding carboxylic acids is 1. The molecule has 0 unspecified atom stereocenters. The summed E-state index contributed by atoms with van der Waals surface area (Å²) in [6.07, 6.45) is 3.49. The highest BCUT2D eigenvalue weighted by molar-refractivity contribution is 9.10. The molecule has 0 aliphatic carbocycles. The van der Waals surface area contributed by atoms with Crippen molar-refractivity contribution in [2.75, 3.05) is 5.32 Å². The molecular formula is C22H18BrN3O. The van der Waals surface area contributed by atoms with E-state index in [1.54, 1.807) is 18.2 Å². The first kappa shape index (κ1) is 18.7. The fourth-order valence-corrected chi connectivity index (χ4v) is 3.29. The second-order valence-corrected chi connectivity index (χ2v) is 6.96. The number of nitriles is 1. The van der Waals surface area contributed by atoms with Gasteiger partial charge in [-0.2, -0.15) is 5.26 Å². The highest BCUT2D eigenvalue weighted by Crippen LogP contribution is 2.28. The molecule has 1 N–H and O–H groups in total. The first-order valence-corrected chi connectivity index (χ1v) is 9.22. The Balaban J connectivity index is 2.02. The Morgan fingerprint density at radius 1 is 1.26 bits per heavy atom. The Hall–Kier alpha value is -3.10. The zero-order valence-electron chi connectivity index (χ0n) is 14.9. The van der Waals surface area contributed by atoms with Gasteiger partial charge < -0.3 is 9.88 Å². The number of para-hydroxylation sites is 1. The van der Waals surface area contributed by atoms with Gasteiger partial charge in [0.1, 0.15) is 11.6 Å². The van der Waals surface area contributed by atoms with E-state index in [2.05, 4.69) is 32.4 Å². The highest BCUT2D eigenvalue weighted by Gasteiger charge is 2.15. The van der Waals surface area contributed by atoms with E-state index < -0.39 is 5.91 Å². The molecule has 0 fully saturated rings. The molecule has 0 aliphatic rings. The number of hydrogen-bond acceptors (Lipinski definition) is 2. The third-order valence-corrected chi connectivity index (χ3v) is 4.88. The minimum absolute atomic E-state index is 0.0579. The van der Waals surface area contributed by atoms with Crippen LogP contribution in [0.3, 0.4) is 0 Å². The van der Waals surface area contributed by atoms with Crippen LogP contribution >= 0.6 is 15.9 Å². The van der Waals surface area contributed by atoms with Crippen LogP contribution in [-0.2, 0) is 11.3 Å². The van der Waals surface area contributed by atoms with Crippen LogP contribution in [0.25, 0.3) is 17.0 Å². The van der Waals surface area contributed by atoms with Crippen molar-refractivity contribution in [2.24, 2.45) is 0 Å². The van der Waals surface area contributed by atoms with Crippen molar-refractivity contribution in [3.8, 4) is 6.07 Å². The molecule has 0 bridgehead atoms. The fourth-order valence-electron chi connectivity index (χ4n) is 3.03. The van der Waals surface area contributed by atoms with Crippen LogP contribution < -0.4 is 5.32 Å². The molecule has 2 aromatic carbocycles. The molecular weight excluding hydrogens is 402 g/mol. The number of amides is 1. The van der Waals surface area contributed by atoms with E-state index in [-0.39, 0.29) is 5.57 Å². The zero-order chi connectivity index (χ0) is 19.4. The van der Waals surface area contributed by atoms with Crippen LogP contribution in [0.2, 0.25) is 0 Å². The van der Waals surface area contributed by atoms with Gasteiger partial charge in [0.25, 0.3) is 5.91 Å². The first-order valence-electron chi connectivity index (χ1n) is 8.42. The van der Waals surface area contributed by atoms with E-state index >= 15 is 0 Å². The number of halogens is 1. The quantitative estimate of drug-likeness (QED) is 0.339. The minimum atomic E-state index is -0.431. The molecule has 0 spiro atoms. The van der Waals surface area contributed by atoms with Gasteiger partial charge in [-0.05, 0) is 43.3 Å². The predicted octanol–water partition coefficient (Wildman–Crippen LogP) is 5.44. The summed E-state index contributed by atoms with van der Waals surface area (Å²) < 4.78 is 3.04. The SMILES string of the molecule is C=CCn1c(C)c(/C=C(/C#N)C(=O)Nc2ccc(Br)cc2)c2ccccc21. The third-order valence-electron chi connectivity index (χ3n) is 4.35. The number of rotatable bonds is 5. The van der Waals surface area contributed by atoms with Crippen molar-refractivity contribution in [1.29, 1.82) is 5.26 Å². The summed E-state index contributed by atoms with van der Waals surface area (Å²) in [5.41, 5.74) is 3.60. The molecule has 27 heavy (non-hydrogen) atoms. The monoisotopic (exact) mass is 419 g/mol. The summed E-state index contributed by atoms with van der Waals surface area (Å²) in [6.45, 7) is 6.46. The largest absolute Gasteiger partial charge is 0.340 e.